The van der Waals surface area contributed by atoms with E-state index in [9.17, 15) is 13.6 Å². The van der Waals surface area contributed by atoms with Crippen molar-refractivity contribution in [3.05, 3.63) is 82.0 Å². The Bertz CT molecular complexity index is 1520. The van der Waals surface area contributed by atoms with Gasteiger partial charge >= 0.3 is 5.97 Å². The maximum atomic E-state index is 14.2. The van der Waals surface area contributed by atoms with E-state index in [0.29, 0.717) is 39.1 Å². The molecule has 5 rings (SSSR count). The van der Waals surface area contributed by atoms with Crippen LogP contribution in [0.2, 0.25) is 5.02 Å². The molecule has 0 saturated heterocycles. The van der Waals surface area contributed by atoms with Gasteiger partial charge in [0, 0.05) is 22.6 Å². The molecule has 3 heterocycles. The molecule has 40 heavy (non-hydrogen) atoms. The number of aromatic nitrogens is 4. The Hall–Kier alpha value is -4.03. The summed E-state index contributed by atoms with van der Waals surface area (Å²) in [5.74, 6) is 0.803. The van der Waals surface area contributed by atoms with Gasteiger partial charge < -0.3 is 23.4 Å². The number of alkyl halides is 2. The zero-order valence-corrected chi connectivity index (χ0v) is 22.5. The summed E-state index contributed by atoms with van der Waals surface area (Å²) < 4.78 is 57.9. The van der Waals surface area contributed by atoms with Crippen LogP contribution < -0.4 is 9.47 Å². The van der Waals surface area contributed by atoms with Crippen LogP contribution in [0.1, 0.15) is 59.5 Å². The molecule has 0 fully saturated rings. The molecule has 2 aromatic heterocycles. The average molecular weight is 575 g/mol. The van der Waals surface area contributed by atoms with Crippen LogP contribution >= 0.6 is 11.6 Å². The lowest BCUT2D eigenvalue weighted by atomic mass is 9.98. The number of halogens is 3. The van der Waals surface area contributed by atoms with Crippen molar-refractivity contribution in [3.63, 3.8) is 0 Å². The predicted octanol–water partition coefficient (Wildman–Crippen LogP) is 5.37. The molecule has 2 aromatic carbocycles. The second kappa shape index (κ2) is 11.6. The zero-order valence-electron chi connectivity index (χ0n) is 21.8. The zero-order chi connectivity index (χ0) is 28.4. The van der Waals surface area contributed by atoms with Crippen molar-refractivity contribution < 1.29 is 36.9 Å². The number of ether oxygens (including phenoxy) is 4. The topological polar surface area (TPSA) is 111 Å². The summed E-state index contributed by atoms with van der Waals surface area (Å²) in [5, 5.41) is 8.26. The number of hydrogen-bond acceptors (Lipinski definition) is 9. The number of esters is 1. The molecule has 0 spiro atoms. The summed E-state index contributed by atoms with van der Waals surface area (Å²) >= 11 is 6.39. The molecule has 0 saturated carbocycles. The fraction of sp³-hybridized carbons (Fsp3) is 0.333. The van der Waals surface area contributed by atoms with E-state index in [1.165, 1.54) is 32.1 Å². The van der Waals surface area contributed by atoms with Crippen LogP contribution in [0.4, 0.5) is 8.78 Å². The molecule has 0 N–H and O–H groups in total. The van der Waals surface area contributed by atoms with Crippen molar-refractivity contribution in [2.24, 2.45) is 0 Å². The maximum absolute atomic E-state index is 14.2. The minimum absolute atomic E-state index is 0.0318. The average Bonchev–Trinajstić information content (AvgIpc) is 3.58. The quantitative estimate of drug-likeness (QED) is 0.243. The Morgan fingerprint density at radius 1 is 1.12 bits per heavy atom. The van der Waals surface area contributed by atoms with Gasteiger partial charge in [-0.3, -0.25) is 9.36 Å². The lowest BCUT2D eigenvalue weighted by molar-refractivity contribution is -0.140. The monoisotopic (exact) mass is 574 g/mol. The van der Waals surface area contributed by atoms with Gasteiger partial charge in [-0.1, -0.05) is 23.7 Å². The van der Waals surface area contributed by atoms with Gasteiger partial charge in [0.15, 0.2) is 23.2 Å². The Morgan fingerprint density at radius 2 is 1.95 bits per heavy atom. The van der Waals surface area contributed by atoms with E-state index < -0.39 is 24.5 Å². The first-order valence-electron chi connectivity index (χ1n) is 12.2. The number of para-hydroxylation sites is 1. The summed E-state index contributed by atoms with van der Waals surface area (Å²) in [6.45, 7) is 0. The second-order valence-corrected chi connectivity index (χ2v) is 9.28. The number of carbonyl (C=O) groups is 1. The lowest BCUT2D eigenvalue weighted by Gasteiger charge is -2.24. The van der Waals surface area contributed by atoms with Crippen LogP contribution in [0.25, 0.3) is 5.69 Å². The van der Waals surface area contributed by atoms with Gasteiger partial charge in [0.05, 0.1) is 46.1 Å². The number of rotatable bonds is 9. The second-order valence-electron chi connectivity index (χ2n) is 8.84. The van der Waals surface area contributed by atoms with Crippen LogP contribution in [0.15, 0.2) is 47.0 Å². The first kappa shape index (κ1) is 27.5. The third-order valence-electron chi connectivity index (χ3n) is 6.49. The number of carbonyl (C=O) groups excluding carboxylic acids is 1. The maximum Gasteiger partial charge on any atom is 0.305 e. The van der Waals surface area contributed by atoms with Gasteiger partial charge in [-0.15, -0.1) is 10.2 Å². The minimum atomic E-state index is -2.92. The van der Waals surface area contributed by atoms with Gasteiger partial charge in [-0.2, -0.15) is 0 Å². The molecule has 0 bridgehead atoms. The summed E-state index contributed by atoms with van der Waals surface area (Å²) in [4.78, 5) is 15.8. The standard InChI is InChI=1S/C27H25ClF2N4O6/c1-36-19-6-4-5-16(24(19)38-3)23-17-11-14(28)7-9-18(17)34-26(32-33-27(34)25(29)30)20(40-23)12-21-31-13-15(39-21)8-10-22(35)37-2/h4-7,9,11,13,20,23,25H,8,10,12H2,1-3H3. The normalized spacial score (nSPS) is 16.3. The lowest BCUT2D eigenvalue weighted by Crippen LogP contribution is -2.15. The highest BCUT2D eigenvalue weighted by atomic mass is 35.5. The van der Waals surface area contributed by atoms with Crippen molar-refractivity contribution in [1.29, 1.82) is 0 Å². The van der Waals surface area contributed by atoms with Crippen molar-refractivity contribution in [2.75, 3.05) is 21.3 Å². The molecule has 2 unspecified atom stereocenters. The van der Waals surface area contributed by atoms with Crippen molar-refractivity contribution in [3.8, 4) is 17.2 Å². The van der Waals surface area contributed by atoms with E-state index in [-0.39, 0.29) is 36.9 Å². The molecule has 1 aliphatic rings. The Morgan fingerprint density at radius 3 is 2.67 bits per heavy atom. The summed E-state index contributed by atoms with van der Waals surface area (Å²) in [5.41, 5.74) is 1.46. The number of benzene rings is 2. The third-order valence-corrected chi connectivity index (χ3v) is 6.73. The summed E-state index contributed by atoms with van der Waals surface area (Å²) in [6.07, 6.45) is -2.76. The van der Waals surface area contributed by atoms with Gasteiger partial charge in [0.1, 0.15) is 18.0 Å². The highest BCUT2D eigenvalue weighted by molar-refractivity contribution is 6.30. The molecule has 4 aromatic rings. The van der Waals surface area contributed by atoms with E-state index in [4.69, 9.17) is 30.2 Å². The number of aryl methyl sites for hydroxylation is 1. The fourth-order valence-corrected chi connectivity index (χ4v) is 4.87. The minimum Gasteiger partial charge on any atom is -0.493 e. The first-order valence-corrected chi connectivity index (χ1v) is 12.6. The predicted molar refractivity (Wildman–Crippen MR) is 137 cm³/mol. The van der Waals surface area contributed by atoms with Crippen LogP contribution in [0.5, 0.6) is 11.5 Å². The molecule has 13 heteroatoms. The Kier molecular flexibility index (Phi) is 7.99. The highest BCUT2D eigenvalue weighted by Crippen LogP contribution is 2.46. The molecule has 0 radical (unpaired) electrons. The SMILES string of the molecule is COC(=O)CCc1cnc(CC2OC(c3cccc(OC)c3OC)c3cc(Cl)ccc3-n3c(C(F)F)nnc32)o1. The Balaban J connectivity index is 1.63. The number of fused-ring (bicyclic) bond motifs is 3. The molecule has 2 atom stereocenters. The van der Waals surface area contributed by atoms with Gasteiger partial charge in [-0.25, -0.2) is 13.8 Å². The van der Waals surface area contributed by atoms with Crippen molar-refractivity contribution in [2.45, 2.75) is 37.9 Å². The molecular weight excluding hydrogens is 550 g/mol. The van der Waals surface area contributed by atoms with E-state index in [2.05, 4.69) is 19.9 Å². The first-order chi connectivity index (χ1) is 19.3. The highest BCUT2D eigenvalue weighted by Gasteiger charge is 2.37. The molecular formula is C27H25ClF2N4O6. The van der Waals surface area contributed by atoms with Gasteiger partial charge in [0.25, 0.3) is 6.43 Å². The van der Waals surface area contributed by atoms with Crippen LogP contribution in [-0.2, 0) is 27.1 Å². The fourth-order valence-electron chi connectivity index (χ4n) is 4.69. The smallest absolute Gasteiger partial charge is 0.305 e. The summed E-state index contributed by atoms with van der Waals surface area (Å²) in [7, 11) is 4.32. The molecule has 1 aliphatic heterocycles. The number of nitrogens with zero attached hydrogens (tertiary/aromatic N) is 4. The number of hydrogen-bond donors (Lipinski definition) is 0. The van der Waals surface area contributed by atoms with E-state index in [1.54, 1.807) is 36.4 Å². The molecule has 0 aliphatic carbocycles. The Labute approximate surface area is 232 Å². The number of methoxy groups -OCH3 is 3. The van der Waals surface area contributed by atoms with E-state index >= 15 is 0 Å². The number of oxazole rings is 1. The van der Waals surface area contributed by atoms with Crippen LogP contribution in [-0.4, -0.2) is 47.0 Å². The van der Waals surface area contributed by atoms with E-state index in [1.807, 2.05) is 0 Å². The van der Waals surface area contributed by atoms with Crippen LogP contribution in [0, 0.1) is 0 Å². The van der Waals surface area contributed by atoms with Gasteiger partial charge in [-0.05, 0) is 24.3 Å². The van der Waals surface area contributed by atoms with Crippen molar-refractivity contribution >= 4 is 17.6 Å². The van der Waals surface area contributed by atoms with Crippen molar-refractivity contribution in [1.82, 2.24) is 19.7 Å². The molecule has 10 nitrogen and oxygen atoms in total. The van der Waals surface area contributed by atoms with E-state index in [0.717, 1.165) is 0 Å². The molecule has 210 valence electrons. The molecule has 0 amide bonds. The summed E-state index contributed by atoms with van der Waals surface area (Å²) in [6, 6.07) is 10.2. The largest absolute Gasteiger partial charge is 0.493 e. The third kappa shape index (κ3) is 5.24. The van der Waals surface area contributed by atoms with Crippen LogP contribution in [0.3, 0.4) is 0 Å². The van der Waals surface area contributed by atoms with Gasteiger partial charge in [0.2, 0.25) is 5.82 Å².